The van der Waals surface area contributed by atoms with Crippen LogP contribution in [0.25, 0.3) is 43.1 Å². The highest BCUT2D eigenvalue weighted by molar-refractivity contribution is 7.06. The molecule has 0 saturated carbocycles. The first-order valence-electron chi connectivity index (χ1n) is 32.6. The number of ether oxygens (including phenoxy) is 1. The lowest BCUT2D eigenvalue weighted by atomic mass is 9.27. The van der Waals surface area contributed by atoms with E-state index in [2.05, 4.69) is 65.6 Å². The van der Waals surface area contributed by atoms with E-state index in [0.29, 0.717) is 73.4 Å². The normalized spacial score (nSPS) is 14.2. The molecule has 15 aromatic rings. The van der Waals surface area contributed by atoms with Gasteiger partial charge in [-0.15, -0.1) is 0 Å². The van der Waals surface area contributed by atoms with Crippen molar-refractivity contribution < 1.29 is 39.9 Å². The molecule has 0 radical (unpaired) electrons. The highest BCUT2D eigenvalue weighted by Gasteiger charge is 2.56. The molecule has 0 unspecified atom stereocenters. The van der Waals surface area contributed by atoms with E-state index >= 15 is 35.1 Å². The highest BCUT2D eigenvalue weighted by atomic mass is 19.2. The van der Waals surface area contributed by atoms with Crippen LogP contribution in [0.15, 0.2) is 243 Å². The molecule has 22 rings (SSSR count). The summed E-state index contributed by atoms with van der Waals surface area (Å²) in [6, 6.07) is 69.9. The molecule has 464 valence electrons. The van der Waals surface area contributed by atoms with Crippen LogP contribution in [0.2, 0.25) is 0 Å². The van der Waals surface area contributed by atoms with Gasteiger partial charge in [-0.2, -0.15) is 0 Å². The fourth-order valence-corrected chi connectivity index (χ4v) is 17.8. The molecule has 15 aromatic carbocycles. The fourth-order valence-electron chi connectivity index (χ4n) is 17.8. The standard InChI is InChI=1S/C82H40B3F8N5O/c86-47-26-48(87)31-55(30-47)94-67-18-9-19-68-75(67)83(61-20-41-10-1-3-12-43(41)24-69(61)94)63-38-64-72(39-71(63)95(68)56-32-49(88)27-50(89)33-56)97(58-36-53(92)29-54(93)37-58)74-40-73-76-80-77(74)85(64)66-23-46-15-6-8-17-60(46)82-79(66)98(80)78-65(22-45-14-5-7-16-59(45)81(78)99-82)84(76)62-21-42-11-2-4-13-44(42)25-70(62)96(73)57-34-51(90)28-52(91)35-57/h1-40H. The Labute approximate surface area is 559 Å². The molecule has 99 heavy (non-hydrogen) atoms. The van der Waals surface area contributed by atoms with Gasteiger partial charge in [0.2, 0.25) is 0 Å². The summed E-state index contributed by atoms with van der Waals surface area (Å²) in [5, 5.41) is 6.99. The van der Waals surface area contributed by atoms with Crippen LogP contribution in [0.3, 0.4) is 0 Å². The monoisotopic (exact) mass is 1300 g/mol. The Hall–Kier alpha value is -12.2. The van der Waals surface area contributed by atoms with Crippen LogP contribution in [-0.4, -0.2) is 20.1 Å². The van der Waals surface area contributed by atoms with Crippen molar-refractivity contribution in [2.75, 3.05) is 24.5 Å². The van der Waals surface area contributed by atoms with Crippen molar-refractivity contribution in [3.05, 3.63) is 289 Å². The second kappa shape index (κ2) is 19.3. The molecule has 0 saturated heterocycles. The quantitative estimate of drug-likeness (QED) is 0.129. The largest absolute Gasteiger partial charge is 0.452 e. The molecule has 0 amide bonds. The summed E-state index contributed by atoms with van der Waals surface area (Å²) in [6.45, 7) is -2.06. The third-order valence-electron chi connectivity index (χ3n) is 21.3. The van der Waals surface area contributed by atoms with Crippen molar-refractivity contribution in [1.29, 1.82) is 0 Å². The molecule has 0 fully saturated rings. The second-order valence-corrected chi connectivity index (χ2v) is 26.6. The fraction of sp³-hybridized carbons (Fsp3) is 0. The van der Waals surface area contributed by atoms with Crippen molar-refractivity contribution in [3.8, 4) is 11.5 Å². The van der Waals surface area contributed by atoms with Crippen LogP contribution in [-0.2, 0) is 0 Å². The third-order valence-corrected chi connectivity index (χ3v) is 21.3. The van der Waals surface area contributed by atoms with E-state index in [4.69, 9.17) is 4.74 Å². The summed E-state index contributed by atoms with van der Waals surface area (Å²) in [7, 11) is 0. The van der Waals surface area contributed by atoms with E-state index in [-0.39, 0.29) is 22.7 Å². The van der Waals surface area contributed by atoms with Gasteiger partial charge >= 0.3 is 0 Å². The van der Waals surface area contributed by atoms with Gasteiger partial charge in [0.25, 0.3) is 20.1 Å². The van der Waals surface area contributed by atoms with E-state index in [0.717, 1.165) is 117 Å². The molecule has 0 N–H and O–H groups in total. The van der Waals surface area contributed by atoms with E-state index in [1.54, 1.807) is 11.0 Å². The maximum absolute atomic E-state index is 16.8. The van der Waals surface area contributed by atoms with Crippen LogP contribution < -0.4 is 78.4 Å². The summed E-state index contributed by atoms with van der Waals surface area (Å²) in [5.74, 6) is -5.47. The molecule has 0 bridgehead atoms. The molecular weight excluding hydrogens is 1260 g/mol. The van der Waals surface area contributed by atoms with Crippen molar-refractivity contribution in [3.63, 3.8) is 0 Å². The van der Waals surface area contributed by atoms with E-state index < -0.39 is 66.7 Å². The molecule has 7 aliphatic heterocycles. The van der Waals surface area contributed by atoms with E-state index in [1.807, 2.05) is 118 Å². The van der Waals surface area contributed by atoms with Gasteiger partial charge in [0.05, 0.1) is 34.1 Å². The number of hydrogen-bond donors (Lipinski definition) is 0. The number of halogens is 8. The van der Waals surface area contributed by atoms with E-state index in [9.17, 15) is 0 Å². The number of fused-ring (bicyclic) bond motifs is 16. The lowest BCUT2D eigenvalue weighted by Gasteiger charge is -2.53. The summed E-state index contributed by atoms with van der Waals surface area (Å²) >= 11 is 0. The summed E-state index contributed by atoms with van der Waals surface area (Å²) < 4.78 is 138. The zero-order valence-corrected chi connectivity index (χ0v) is 51.5. The van der Waals surface area contributed by atoms with Gasteiger partial charge in [0.15, 0.2) is 11.5 Å². The maximum atomic E-state index is 16.8. The predicted molar refractivity (Wildman–Crippen MR) is 384 cm³/mol. The van der Waals surface area contributed by atoms with Crippen LogP contribution in [0, 0.1) is 46.5 Å². The Bertz CT molecular complexity index is 6250. The molecule has 0 aromatic heterocycles. The van der Waals surface area contributed by atoms with Crippen molar-refractivity contribution in [2.24, 2.45) is 0 Å². The van der Waals surface area contributed by atoms with Gasteiger partial charge in [-0.25, -0.2) is 35.1 Å². The summed E-state index contributed by atoms with van der Waals surface area (Å²) in [5.41, 5.74) is 13.9. The number of anilines is 15. The minimum Gasteiger partial charge on any atom is -0.452 e. The number of rotatable bonds is 4. The number of hydrogen-bond acceptors (Lipinski definition) is 6. The first-order chi connectivity index (χ1) is 48.3. The van der Waals surface area contributed by atoms with Crippen LogP contribution in [0.1, 0.15) is 0 Å². The van der Waals surface area contributed by atoms with Crippen molar-refractivity contribution >= 4 is 198 Å². The predicted octanol–water partition coefficient (Wildman–Crippen LogP) is 16.3. The minimum absolute atomic E-state index is 0.0850. The van der Waals surface area contributed by atoms with Gasteiger partial charge in [0.1, 0.15) is 46.5 Å². The van der Waals surface area contributed by atoms with Gasteiger partial charge in [0, 0.05) is 86.2 Å². The SMILES string of the molecule is Fc1cc(F)cc(N2c3cc4c(cc3B3c5cc6ccccc6cc5N(c5cc(F)cc(F)c5)c5cccc2c53)B2c3cc5ccccc5c5c3N3c6c2c(cc2c6B(c6cc7ccccc7cc6N2c2cc(F)cc(F)c2)c2cc6ccccc6c(c23)O5)N4c2cc(F)cc(F)c2)c1. The second-order valence-electron chi connectivity index (χ2n) is 26.6. The maximum Gasteiger partial charge on any atom is 0.252 e. The average molecular weight is 1300 g/mol. The topological polar surface area (TPSA) is 25.4 Å². The van der Waals surface area contributed by atoms with Crippen LogP contribution in [0.5, 0.6) is 11.5 Å². The molecule has 6 nitrogen and oxygen atoms in total. The van der Waals surface area contributed by atoms with Crippen LogP contribution in [0.4, 0.5) is 120 Å². The zero-order chi connectivity index (χ0) is 65.9. The molecule has 0 spiro atoms. The lowest BCUT2D eigenvalue weighted by molar-refractivity contribution is 0.489. The Kier molecular flexibility index (Phi) is 10.7. The highest BCUT2D eigenvalue weighted by Crippen LogP contribution is 2.60. The van der Waals surface area contributed by atoms with Crippen molar-refractivity contribution in [2.45, 2.75) is 0 Å². The molecule has 17 heteroatoms. The van der Waals surface area contributed by atoms with Gasteiger partial charge in [-0.3, -0.25) is 0 Å². The van der Waals surface area contributed by atoms with Gasteiger partial charge < -0.3 is 29.2 Å². The average Bonchev–Trinajstić information content (AvgIpc) is 0.654. The van der Waals surface area contributed by atoms with E-state index in [1.165, 1.54) is 48.5 Å². The van der Waals surface area contributed by atoms with Gasteiger partial charge in [-0.1, -0.05) is 133 Å². The molecular formula is C82H40B3F8N5O. The Morgan fingerprint density at radius 3 is 0.919 bits per heavy atom. The zero-order valence-electron chi connectivity index (χ0n) is 51.5. The van der Waals surface area contributed by atoms with Gasteiger partial charge in [-0.05, 0) is 166 Å². The number of benzene rings is 15. The first-order valence-corrected chi connectivity index (χ1v) is 32.6. The summed E-state index contributed by atoms with van der Waals surface area (Å²) in [6.07, 6.45) is 0. The minimum atomic E-state index is -0.871. The first kappa shape index (κ1) is 55.0. The smallest absolute Gasteiger partial charge is 0.252 e. The summed E-state index contributed by atoms with van der Waals surface area (Å²) in [4.78, 5) is 9.69. The Morgan fingerprint density at radius 2 is 0.525 bits per heavy atom. The Balaban J connectivity index is 0.924. The number of nitrogens with zero attached hydrogens (tertiary/aromatic N) is 5. The molecule has 7 heterocycles. The molecule has 7 aliphatic rings. The third kappa shape index (κ3) is 7.37. The Morgan fingerprint density at radius 1 is 0.222 bits per heavy atom. The van der Waals surface area contributed by atoms with Crippen molar-refractivity contribution in [1.82, 2.24) is 0 Å². The van der Waals surface area contributed by atoms with Crippen LogP contribution >= 0.6 is 0 Å². The lowest BCUT2D eigenvalue weighted by Crippen LogP contribution is -2.69. The molecule has 0 atom stereocenters. The molecule has 0 aliphatic carbocycles.